The largest absolute Gasteiger partial charge is 0.530 e. The van der Waals surface area contributed by atoms with Crippen LogP contribution in [0.25, 0.3) is 10.9 Å². The van der Waals surface area contributed by atoms with E-state index < -0.39 is 43.4 Å². The van der Waals surface area contributed by atoms with E-state index in [1.807, 2.05) is 42.8 Å². The predicted octanol–water partition coefficient (Wildman–Crippen LogP) is 9.43. The lowest BCUT2D eigenvalue weighted by molar-refractivity contribution is -0.130. The van der Waals surface area contributed by atoms with Crippen LogP contribution in [-0.4, -0.2) is 72.0 Å². The molecule has 1 aliphatic heterocycles. The van der Waals surface area contributed by atoms with Gasteiger partial charge in [-0.25, -0.2) is 14.2 Å². The zero-order chi connectivity index (χ0) is 43.8. The first-order chi connectivity index (χ1) is 27.4. The molecular formula is C46H59ClFN5O5Si. The fourth-order valence-corrected chi connectivity index (χ4v) is 8.42. The first-order valence-corrected chi connectivity index (χ1v) is 23.4. The summed E-state index contributed by atoms with van der Waals surface area (Å²) < 4.78 is 28.4. The van der Waals surface area contributed by atoms with Crippen molar-refractivity contribution in [3.63, 3.8) is 0 Å². The third kappa shape index (κ3) is 9.96. The number of rotatable bonds is 12. The third-order valence-corrected chi connectivity index (χ3v) is 16.0. The maximum Gasteiger partial charge on any atom is 0.410 e. The summed E-state index contributed by atoms with van der Waals surface area (Å²) in [4.78, 5) is 50.9. The molecule has 0 spiro atoms. The van der Waals surface area contributed by atoms with Gasteiger partial charge in [0.05, 0.1) is 28.5 Å². The Morgan fingerprint density at radius 1 is 1.08 bits per heavy atom. The third-order valence-electron chi connectivity index (χ3n) is 11.3. The molecule has 0 saturated heterocycles. The molecule has 2 atom stereocenters. The zero-order valence-electron chi connectivity index (χ0n) is 36.5. The molecule has 2 aromatic heterocycles. The van der Waals surface area contributed by atoms with Gasteiger partial charge in [-0.15, -0.1) is 6.42 Å². The van der Waals surface area contributed by atoms with Gasteiger partial charge < -0.3 is 23.9 Å². The number of halogens is 2. The number of benzene rings is 2. The molecule has 10 nitrogen and oxygen atoms in total. The van der Waals surface area contributed by atoms with Crippen molar-refractivity contribution in [2.24, 2.45) is 0 Å². The van der Waals surface area contributed by atoms with Gasteiger partial charge in [0.2, 0.25) is 17.7 Å². The van der Waals surface area contributed by atoms with E-state index in [1.54, 1.807) is 50.8 Å². The number of nitrogens with zero attached hydrogens (tertiary/aromatic N) is 4. The minimum atomic E-state index is -2.39. The van der Waals surface area contributed by atoms with Crippen molar-refractivity contribution < 1.29 is 27.9 Å². The fourth-order valence-electron chi connectivity index (χ4n) is 7.16. The number of terminal acetylenes is 1. The van der Waals surface area contributed by atoms with Gasteiger partial charge in [-0.05, 0) is 86.8 Å². The summed E-state index contributed by atoms with van der Waals surface area (Å²) in [5, 5.41) is 4.14. The fraction of sp³-hybridized carbons (Fsp3) is 0.478. The smallest absolute Gasteiger partial charge is 0.410 e. The standard InChI is InChI=1S/C46H59ClFN5O5Si/c1-14-23-52-27-31(38-33(47)17-16-18-36(38)52)25-34(49-40(54)35(15-2)51(11)43(56)57-44(3,4)5)42(55)53-28-46(9,10)39-37(53)26-30(24-29-19-21-32(48)22-20-29)41(50-39)58-59(12,13)45(6,7)8/h1,16-22,26-27,34-35H,15,23-25,28H2,2-13H3,(H,49,54)/t34-,35-/m0/s1. The van der Waals surface area contributed by atoms with Crippen molar-refractivity contribution in [3.05, 3.63) is 88.0 Å². The Morgan fingerprint density at radius 3 is 2.34 bits per heavy atom. The molecule has 59 heavy (non-hydrogen) atoms. The lowest BCUT2D eigenvalue weighted by Gasteiger charge is -2.36. The quantitative estimate of drug-likeness (QED) is 0.113. The van der Waals surface area contributed by atoms with Crippen molar-refractivity contribution >= 4 is 54.4 Å². The van der Waals surface area contributed by atoms with Crippen LogP contribution < -0.4 is 14.6 Å². The maximum atomic E-state index is 15.3. The molecule has 316 valence electrons. The van der Waals surface area contributed by atoms with E-state index in [0.29, 0.717) is 28.7 Å². The average Bonchev–Trinajstić information content (AvgIpc) is 3.61. The average molecular weight is 845 g/mol. The van der Waals surface area contributed by atoms with Gasteiger partial charge in [-0.3, -0.25) is 14.5 Å². The SMILES string of the molecule is C#CCn1cc(C[C@H](NC(=O)[C@H](CC)N(C)C(=O)OC(C)(C)C)C(=O)N2CC(C)(C)c3nc(O[Si](C)(C)C(C)(C)C)c(Cc4ccc(F)cc4)cc32)c2c(Cl)cccc21. The number of anilines is 1. The number of ether oxygens (including phenoxy) is 1. The number of fused-ring (bicyclic) bond motifs is 2. The second-order valence-corrected chi connectivity index (χ2v) is 23.8. The number of aromatic nitrogens is 2. The highest BCUT2D eigenvalue weighted by Gasteiger charge is 2.45. The van der Waals surface area contributed by atoms with Crippen molar-refractivity contribution in [1.29, 1.82) is 0 Å². The van der Waals surface area contributed by atoms with Crippen molar-refractivity contribution in [2.45, 2.75) is 129 Å². The topological polar surface area (TPSA) is 106 Å². The molecule has 0 fully saturated rings. The van der Waals surface area contributed by atoms with E-state index in [2.05, 4.69) is 45.1 Å². The normalized spacial score (nSPS) is 15.0. The number of carbonyl (C=O) groups is 3. The van der Waals surface area contributed by atoms with Crippen LogP contribution in [0.15, 0.2) is 54.7 Å². The van der Waals surface area contributed by atoms with Gasteiger partial charge in [0.1, 0.15) is 23.5 Å². The predicted molar refractivity (Wildman–Crippen MR) is 236 cm³/mol. The molecule has 5 rings (SSSR count). The highest BCUT2D eigenvalue weighted by atomic mass is 35.5. The summed E-state index contributed by atoms with van der Waals surface area (Å²) in [5.74, 6) is 1.98. The molecule has 13 heteroatoms. The molecule has 1 aliphatic rings. The highest BCUT2D eigenvalue weighted by Crippen LogP contribution is 2.45. The molecule has 1 N–H and O–H groups in total. The lowest BCUT2D eigenvalue weighted by atomic mass is 9.91. The Bertz CT molecular complexity index is 2270. The van der Waals surface area contributed by atoms with Crippen LogP contribution >= 0.6 is 11.6 Å². The van der Waals surface area contributed by atoms with E-state index in [1.165, 1.54) is 24.1 Å². The molecule has 0 bridgehead atoms. The molecular weight excluding hydrogens is 785 g/mol. The minimum Gasteiger partial charge on any atom is -0.530 e. The monoisotopic (exact) mass is 843 g/mol. The van der Waals surface area contributed by atoms with Gasteiger partial charge in [0.15, 0.2) is 0 Å². The number of hydrogen-bond donors (Lipinski definition) is 1. The summed E-state index contributed by atoms with van der Waals surface area (Å²) in [6, 6.07) is 11.8. The Kier molecular flexibility index (Phi) is 13.0. The van der Waals surface area contributed by atoms with Crippen LogP contribution in [-0.2, 0) is 39.1 Å². The summed E-state index contributed by atoms with van der Waals surface area (Å²) >= 11 is 6.82. The van der Waals surface area contributed by atoms with Crippen LogP contribution in [0.4, 0.5) is 14.9 Å². The van der Waals surface area contributed by atoms with E-state index in [9.17, 15) is 14.0 Å². The molecule has 3 amide bonds. The van der Waals surface area contributed by atoms with E-state index in [-0.39, 0.29) is 42.7 Å². The lowest BCUT2D eigenvalue weighted by Crippen LogP contribution is -2.56. The van der Waals surface area contributed by atoms with Crippen molar-refractivity contribution in [2.75, 3.05) is 18.5 Å². The van der Waals surface area contributed by atoms with Crippen molar-refractivity contribution in [1.82, 2.24) is 19.8 Å². The summed E-state index contributed by atoms with van der Waals surface area (Å²) in [6.45, 7) is 22.5. The Morgan fingerprint density at radius 2 is 1.75 bits per heavy atom. The Balaban J connectivity index is 1.63. The summed E-state index contributed by atoms with van der Waals surface area (Å²) in [7, 11) is -0.873. The van der Waals surface area contributed by atoms with Gasteiger partial charge in [0, 0.05) is 49.0 Å². The zero-order valence-corrected chi connectivity index (χ0v) is 38.3. The van der Waals surface area contributed by atoms with Crippen molar-refractivity contribution in [3.8, 4) is 18.2 Å². The summed E-state index contributed by atoms with van der Waals surface area (Å²) in [5.41, 5.74) is 3.05. The number of pyridine rings is 1. The summed E-state index contributed by atoms with van der Waals surface area (Å²) in [6.07, 6.45) is 7.69. The molecule has 0 saturated carbocycles. The Labute approximate surface area is 354 Å². The van der Waals surface area contributed by atoms with Gasteiger partial charge in [-0.1, -0.05) is 77.3 Å². The Hall–Kier alpha value is -4.86. The van der Waals surface area contributed by atoms with Gasteiger partial charge in [-0.2, -0.15) is 0 Å². The second-order valence-electron chi connectivity index (χ2n) is 18.7. The van der Waals surface area contributed by atoms with E-state index >= 15 is 4.79 Å². The number of hydrogen-bond acceptors (Lipinski definition) is 6. The van der Waals surface area contributed by atoms with Crippen LogP contribution in [0.3, 0.4) is 0 Å². The second kappa shape index (κ2) is 17.0. The molecule has 2 aromatic carbocycles. The first kappa shape index (κ1) is 45.2. The number of amides is 3. The van der Waals surface area contributed by atoms with Crippen LogP contribution in [0.2, 0.25) is 23.2 Å². The number of likely N-dealkylation sites (N-methyl/N-ethyl adjacent to an activating group) is 1. The molecule has 0 unspecified atom stereocenters. The van der Waals surface area contributed by atoms with Crippen LogP contribution in [0, 0.1) is 18.2 Å². The number of carbonyl (C=O) groups excluding carboxylic acids is 3. The first-order valence-electron chi connectivity index (χ1n) is 20.1. The molecule has 0 aliphatic carbocycles. The van der Waals surface area contributed by atoms with E-state index in [0.717, 1.165) is 27.6 Å². The van der Waals surface area contributed by atoms with Gasteiger partial charge >= 0.3 is 6.09 Å². The minimum absolute atomic E-state index is 0.0731. The molecule has 0 radical (unpaired) electrons. The molecule has 4 aromatic rings. The maximum absolute atomic E-state index is 15.3. The number of nitrogens with one attached hydrogen (secondary N) is 1. The highest BCUT2D eigenvalue weighted by molar-refractivity contribution is 6.74. The van der Waals surface area contributed by atoms with Crippen LogP contribution in [0.1, 0.15) is 91.1 Å². The molecule has 3 heterocycles. The van der Waals surface area contributed by atoms with Crippen LogP contribution in [0.5, 0.6) is 5.88 Å². The van der Waals surface area contributed by atoms with E-state index in [4.69, 9.17) is 32.2 Å². The van der Waals surface area contributed by atoms with Gasteiger partial charge in [0.25, 0.3) is 8.32 Å².